The summed E-state index contributed by atoms with van der Waals surface area (Å²) in [6, 6.07) is 12.2. The molecule has 0 unspecified atom stereocenters. The third kappa shape index (κ3) is 4.01. The summed E-state index contributed by atoms with van der Waals surface area (Å²) in [5, 5.41) is 4.10. The normalized spacial score (nSPS) is 10.8. The zero-order chi connectivity index (χ0) is 14.5. The Balaban J connectivity index is 2.06. The van der Waals surface area contributed by atoms with Crippen LogP contribution >= 0.6 is 34.8 Å². The van der Waals surface area contributed by atoms with Gasteiger partial charge in [0.25, 0.3) is 0 Å². The molecule has 0 aliphatic carbocycles. The van der Waals surface area contributed by atoms with E-state index in [1.54, 1.807) is 48.5 Å². The lowest BCUT2D eigenvalue weighted by molar-refractivity contribution is -0.111. The average Bonchev–Trinajstić information content (AvgIpc) is 2.43. The summed E-state index contributed by atoms with van der Waals surface area (Å²) >= 11 is 17.7. The molecular formula is C15H10Cl3NO. The summed E-state index contributed by atoms with van der Waals surface area (Å²) in [4.78, 5) is 11.8. The van der Waals surface area contributed by atoms with Crippen molar-refractivity contribution >= 4 is 52.5 Å². The topological polar surface area (TPSA) is 29.1 Å². The Kier molecular flexibility index (Phi) is 5.07. The van der Waals surface area contributed by atoms with Crippen molar-refractivity contribution < 1.29 is 4.79 Å². The van der Waals surface area contributed by atoms with E-state index in [-0.39, 0.29) is 5.91 Å². The quantitative estimate of drug-likeness (QED) is 0.762. The van der Waals surface area contributed by atoms with E-state index in [0.717, 1.165) is 5.56 Å². The summed E-state index contributed by atoms with van der Waals surface area (Å²) in [5.41, 5.74) is 1.35. The minimum atomic E-state index is -0.274. The lowest BCUT2D eigenvalue weighted by atomic mass is 10.2. The van der Waals surface area contributed by atoms with E-state index in [1.807, 2.05) is 0 Å². The fourth-order valence-electron chi connectivity index (χ4n) is 1.52. The van der Waals surface area contributed by atoms with E-state index in [1.165, 1.54) is 6.08 Å². The molecule has 102 valence electrons. The van der Waals surface area contributed by atoms with Crippen LogP contribution in [0.3, 0.4) is 0 Å². The number of carbonyl (C=O) groups excluding carboxylic acids is 1. The summed E-state index contributed by atoms with van der Waals surface area (Å²) in [7, 11) is 0. The minimum Gasteiger partial charge on any atom is -0.321 e. The fourth-order valence-corrected chi connectivity index (χ4v) is 2.01. The zero-order valence-electron chi connectivity index (χ0n) is 10.2. The van der Waals surface area contributed by atoms with Crippen molar-refractivity contribution in [1.82, 2.24) is 0 Å². The van der Waals surface area contributed by atoms with Gasteiger partial charge < -0.3 is 5.32 Å². The molecule has 20 heavy (non-hydrogen) atoms. The molecule has 0 fully saturated rings. The van der Waals surface area contributed by atoms with Crippen LogP contribution in [0.25, 0.3) is 6.08 Å². The minimum absolute atomic E-state index is 0.274. The number of hydrogen-bond acceptors (Lipinski definition) is 1. The molecule has 2 aromatic carbocycles. The smallest absolute Gasteiger partial charge is 0.248 e. The van der Waals surface area contributed by atoms with Gasteiger partial charge in [-0.3, -0.25) is 4.79 Å². The molecule has 0 saturated carbocycles. The SMILES string of the molecule is O=C(/C=C/c1ccc(Cl)c(Cl)c1)Nc1ccccc1Cl. The molecule has 0 aliphatic heterocycles. The zero-order valence-corrected chi connectivity index (χ0v) is 12.5. The predicted octanol–water partition coefficient (Wildman–Crippen LogP) is 5.30. The first-order valence-electron chi connectivity index (χ1n) is 5.75. The monoisotopic (exact) mass is 325 g/mol. The Bertz CT molecular complexity index is 668. The Labute approximate surface area is 132 Å². The first-order valence-corrected chi connectivity index (χ1v) is 6.88. The number of carbonyl (C=O) groups is 1. The number of benzene rings is 2. The summed E-state index contributed by atoms with van der Waals surface area (Å²) in [6.45, 7) is 0. The first kappa shape index (κ1) is 14.9. The van der Waals surface area contributed by atoms with E-state index in [0.29, 0.717) is 20.8 Å². The van der Waals surface area contributed by atoms with Crippen LogP contribution in [0.2, 0.25) is 15.1 Å². The molecule has 0 heterocycles. The molecule has 1 amide bonds. The second-order valence-corrected chi connectivity index (χ2v) is 5.20. The van der Waals surface area contributed by atoms with Gasteiger partial charge in [0, 0.05) is 6.08 Å². The van der Waals surface area contributed by atoms with Gasteiger partial charge in [-0.25, -0.2) is 0 Å². The lowest BCUT2D eigenvalue weighted by Gasteiger charge is -2.03. The molecular weight excluding hydrogens is 317 g/mol. The molecule has 0 atom stereocenters. The number of hydrogen-bond donors (Lipinski definition) is 1. The highest BCUT2D eigenvalue weighted by Crippen LogP contribution is 2.23. The highest BCUT2D eigenvalue weighted by Gasteiger charge is 2.02. The van der Waals surface area contributed by atoms with Crippen LogP contribution in [-0.4, -0.2) is 5.91 Å². The lowest BCUT2D eigenvalue weighted by Crippen LogP contribution is -2.07. The highest BCUT2D eigenvalue weighted by molar-refractivity contribution is 6.42. The van der Waals surface area contributed by atoms with Crippen LogP contribution < -0.4 is 5.32 Å². The second-order valence-electron chi connectivity index (χ2n) is 3.98. The van der Waals surface area contributed by atoms with Crippen LogP contribution in [-0.2, 0) is 4.79 Å². The van der Waals surface area contributed by atoms with E-state index < -0.39 is 0 Å². The number of halogens is 3. The van der Waals surface area contributed by atoms with Crippen LogP contribution in [0.15, 0.2) is 48.5 Å². The Hall–Kier alpha value is -1.48. The summed E-state index contributed by atoms with van der Waals surface area (Å²) < 4.78 is 0. The Morgan fingerprint density at radius 2 is 1.70 bits per heavy atom. The molecule has 0 bridgehead atoms. The van der Waals surface area contributed by atoms with E-state index in [4.69, 9.17) is 34.8 Å². The van der Waals surface area contributed by atoms with Gasteiger partial charge in [-0.05, 0) is 35.9 Å². The number of anilines is 1. The van der Waals surface area contributed by atoms with Gasteiger partial charge in [0.15, 0.2) is 0 Å². The first-order chi connectivity index (χ1) is 9.56. The maximum absolute atomic E-state index is 11.8. The van der Waals surface area contributed by atoms with Crippen molar-refractivity contribution in [3.05, 3.63) is 69.2 Å². The van der Waals surface area contributed by atoms with Crippen LogP contribution in [0.1, 0.15) is 5.56 Å². The molecule has 1 N–H and O–H groups in total. The third-order valence-electron chi connectivity index (χ3n) is 2.50. The van der Waals surface area contributed by atoms with Crippen molar-refractivity contribution in [2.75, 3.05) is 5.32 Å². The standard InChI is InChI=1S/C15H10Cl3NO/c16-11-7-5-10(9-13(11)18)6-8-15(20)19-14-4-2-1-3-12(14)17/h1-9H,(H,19,20)/b8-6+. The number of para-hydroxylation sites is 1. The van der Waals surface area contributed by atoms with Crippen molar-refractivity contribution in [1.29, 1.82) is 0 Å². The molecule has 2 rings (SSSR count). The molecule has 2 aromatic rings. The van der Waals surface area contributed by atoms with Crippen LogP contribution in [0, 0.1) is 0 Å². The van der Waals surface area contributed by atoms with Gasteiger partial charge in [-0.2, -0.15) is 0 Å². The number of amides is 1. The largest absolute Gasteiger partial charge is 0.321 e. The highest BCUT2D eigenvalue weighted by atomic mass is 35.5. The van der Waals surface area contributed by atoms with Crippen LogP contribution in [0.5, 0.6) is 0 Å². The van der Waals surface area contributed by atoms with E-state index >= 15 is 0 Å². The van der Waals surface area contributed by atoms with Crippen molar-refractivity contribution in [2.45, 2.75) is 0 Å². The summed E-state index contributed by atoms with van der Waals surface area (Å²) in [6.07, 6.45) is 3.05. The van der Waals surface area contributed by atoms with E-state index in [9.17, 15) is 4.79 Å². The van der Waals surface area contributed by atoms with Crippen molar-refractivity contribution in [2.24, 2.45) is 0 Å². The molecule has 0 saturated heterocycles. The van der Waals surface area contributed by atoms with Crippen molar-refractivity contribution in [3.8, 4) is 0 Å². The average molecular weight is 327 g/mol. The Morgan fingerprint density at radius 3 is 2.40 bits per heavy atom. The predicted molar refractivity (Wildman–Crippen MR) is 85.6 cm³/mol. The van der Waals surface area contributed by atoms with Gasteiger partial charge in [-0.15, -0.1) is 0 Å². The van der Waals surface area contributed by atoms with Gasteiger partial charge in [0.05, 0.1) is 20.8 Å². The number of rotatable bonds is 3. The van der Waals surface area contributed by atoms with Crippen LogP contribution in [0.4, 0.5) is 5.69 Å². The Morgan fingerprint density at radius 1 is 0.950 bits per heavy atom. The molecule has 0 spiro atoms. The maximum atomic E-state index is 11.8. The van der Waals surface area contributed by atoms with Gasteiger partial charge >= 0.3 is 0 Å². The molecule has 0 radical (unpaired) electrons. The van der Waals surface area contributed by atoms with Gasteiger partial charge in [0.1, 0.15) is 0 Å². The maximum Gasteiger partial charge on any atom is 0.248 e. The molecule has 2 nitrogen and oxygen atoms in total. The van der Waals surface area contributed by atoms with Gasteiger partial charge in [0.2, 0.25) is 5.91 Å². The van der Waals surface area contributed by atoms with Gasteiger partial charge in [-0.1, -0.05) is 53.0 Å². The molecule has 5 heteroatoms. The fraction of sp³-hybridized carbons (Fsp3) is 0. The molecule has 0 aliphatic rings. The number of nitrogens with one attached hydrogen (secondary N) is 1. The molecule has 0 aromatic heterocycles. The van der Waals surface area contributed by atoms with E-state index in [2.05, 4.69) is 5.32 Å². The third-order valence-corrected chi connectivity index (χ3v) is 3.57. The van der Waals surface area contributed by atoms with Crippen molar-refractivity contribution in [3.63, 3.8) is 0 Å². The summed E-state index contributed by atoms with van der Waals surface area (Å²) in [5.74, 6) is -0.274. The second kappa shape index (κ2) is 6.80.